The van der Waals surface area contributed by atoms with Gasteiger partial charge in [0, 0.05) is 16.4 Å². The van der Waals surface area contributed by atoms with Gasteiger partial charge in [0.15, 0.2) is 6.10 Å². The summed E-state index contributed by atoms with van der Waals surface area (Å²) in [6, 6.07) is 4.87. The monoisotopic (exact) mass is 387 g/mol. The Morgan fingerprint density at radius 3 is 2.42 bits per heavy atom. The first-order valence-electron chi connectivity index (χ1n) is 6.25. The van der Waals surface area contributed by atoms with E-state index in [9.17, 15) is 31.2 Å². The number of rotatable bonds is 4. The molecular formula is C12H9ClF3NO6S. The van der Waals surface area contributed by atoms with E-state index in [1.807, 2.05) is 0 Å². The third kappa shape index (κ3) is 4.29. The highest BCUT2D eigenvalue weighted by Crippen LogP contribution is 2.25. The summed E-state index contributed by atoms with van der Waals surface area (Å²) >= 11 is 0. The lowest BCUT2D eigenvalue weighted by atomic mass is 10.3. The van der Waals surface area contributed by atoms with Crippen molar-refractivity contribution in [3.05, 3.63) is 24.3 Å². The van der Waals surface area contributed by atoms with Crippen molar-refractivity contribution >= 4 is 37.5 Å². The number of alkyl halides is 3. The first kappa shape index (κ1) is 18.3. The van der Waals surface area contributed by atoms with Crippen molar-refractivity contribution in [3.63, 3.8) is 0 Å². The van der Waals surface area contributed by atoms with Gasteiger partial charge in [0.05, 0.1) is 11.4 Å². The Labute approximate surface area is 138 Å². The van der Waals surface area contributed by atoms with Gasteiger partial charge in [-0.05, 0) is 24.3 Å². The highest BCUT2D eigenvalue weighted by Gasteiger charge is 2.42. The van der Waals surface area contributed by atoms with E-state index in [2.05, 4.69) is 4.74 Å². The standard InChI is InChI=1S/C12H9ClF3NO6S/c13-24(20,21)9-3-1-7(2-4-9)17-5-8(23-11(17)19)6-22-10(18)12(14,15)16/h1-4,8H,5-6H2/t8-/m0/s1. The Kier molecular flexibility index (Phi) is 4.95. The zero-order chi connectivity index (χ0) is 18.1. The first-order chi connectivity index (χ1) is 11.0. The van der Waals surface area contributed by atoms with Crippen molar-refractivity contribution in [1.29, 1.82) is 0 Å². The largest absolute Gasteiger partial charge is 0.490 e. The van der Waals surface area contributed by atoms with E-state index in [1.54, 1.807) is 0 Å². The maximum atomic E-state index is 12.0. The highest BCUT2D eigenvalue weighted by molar-refractivity contribution is 8.13. The topological polar surface area (TPSA) is 90.0 Å². The minimum atomic E-state index is -5.13. The van der Waals surface area contributed by atoms with Gasteiger partial charge >= 0.3 is 18.2 Å². The first-order valence-corrected chi connectivity index (χ1v) is 8.56. The minimum Gasteiger partial charge on any atom is -0.455 e. The molecule has 0 aliphatic carbocycles. The molecular weight excluding hydrogens is 379 g/mol. The van der Waals surface area contributed by atoms with E-state index >= 15 is 0 Å². The van der Waals surface area contributed by atoms with Crippen LogP contribution in [0.4, 0.5) is 23.7 Å². The maximum absolute atomic E-state index is 12.0. The molecule has 1 aromatic rings. The molecule has 132 valence electrons. The van der Waals surface area contributed by atoms with Crippen molar-refractivity contribution < 1.29 is 40.7 Å². The molecule has 1 fully saturated rings. The quantitative estimate of drug-likeness (QED) is 0.580. The van der Waals surface area contributed by atoms with Crippen LogP contribution in [0.1, 0.15) is 0 Å². The zero-order valence-electron chi connectivity index (χ0n) is 11.6. The van der Waals surface area contributed by atoms with Crippen LogP contribution in [0.3, 0.4) is 0 Å². The summed E-state index contributed by atoms with van der Waals surface area (Å²) in [5.41, 5.74) is 0.244. The summed E-state index contributed by atoms with van der Waals surface area (Å²) in [4.78, 5) is 23.2. The van der Waals surface area contributed by atoms with Gasteiger partial charge in [0.2, 0.25) is 0 Å². The molecule has 0 radical (unpaired) electrons. The number of carbonyl (C=O) groups is 2. The number of carbonyl (C=O) groups excluding carboxylic acids is 2. The van der Waals surface area contributed by atoms with Gasteiger partial charge in [-0.2, -0.15) is 13.2 Å². The van der Waals surface area contributed by atoms with Gasteiger partial charge in [-0.25, -0.2) is 18.0 Å². The number of amides is 1. The number of nitrogens with zero attached hydrogens (tertiary/aromatic N) is 1. The Hall–Kier alpha value is -2.01. The fourth-order valence-corrected chi connectivity index (χ4v) is 2.63. The fourth-order valence-electron chi connectivity index (χ4n) is 1.86. The lowest BCUT2D eigenvalue weighted by Crippen LogP contribution is -2.31. The molecule has 1 amide bonds. The second kappa shape index (κ2) is 6.48. The summed E-state index contributed by atoms with van der Waals surface area (Å²) in [5.74, 6) is -2.38. The molecule has 1 aliphatic rings. The van der Waals surface area contributed by atoms with Crippen molar-refractivity contribution in [2.45, 2.75) is 17.2 Å². The van der Waals surface area contributed by atoms with Gasteiger partial charge < -0.3 is 9.47 Å². The summed E-state index contributed by atoms with van der Waals surface area (Å²) in [6.45, 7) is -0.925. The van der Waals surface area contributed by atoms with Crippen molar-refractivity contribution in [2.75, 3.05) is 18.1 Å². The Morgan fingerprint density at radius 1 is 1.33 bits per heavy atom. The molecule has 0 aromatic heterocycles. The van der Waals surface area contributed by atoms with Gasteiger partial charge in [0.1, 0.15) is 6.61 Å². The van der Waals surface area contributed by atoms with E-state index in [4.69, 9.17) is 15.4 Å². The summed E-state index contributed by atoms with van der Waals surface area (Å²) < 4.78 is 67.1. The van der Waals surface area contributed by atoms with Gasteiger partial charge in [-0.15, -0.1) is 0 Å². The molecule has 0 N–H and O–H groups in total. The fraction of sp³-hybridized carbons (Fsp3) is 0.333. The molecule has 1 heterocycles. The SMILES string of the molecule is O=C1O[C@H](COC(=O)C(F)(F)F)CN1c1ccc(S(=O)(=O)Cl)cc1. The Bertz CT molecular complexity index is 749. The third-order valence-electron chi connectivity index (χ3n) is 2.94. The van der Waals surface area contributed by atoms with Gasteiger partial charge in [-0.3, -0.25) is 4.90 Å². The van der Waals surface area contributed by atoms with Crippen LogP contribution in [0.15, 0.2) is 29.2 Å². The van der Waals surface area contributed by atoms with Crippen LogP contribution in [0.2, 0.25) is 0 Å². The average Bonchev–Trinajstić information content (AvgIpc) is 2.84. The van der Waals surface area contributed by atoms with E-state index in [-0.39, 0.29) is 17.1 Å². The molecule has 0 bridgehead atoms. The van der Waals surface area contributed by atoms with Crippen LogP contribution in [0.25, 0.3) is 0 Å². The van der Waals surface area contributed by atoms with Crippen molar-refractivity contribution in [3.8, 4) is 0 Å². The lowest BCUT2D eigenvalue weighted by molar-refractivity contribution is -0.201. The van der Waals surface area contributed by atoms with Crippen LogP contribution < -0.4 is 4.90 Å². The molecule has 0 saturated carbocycles. The number of hydrogen-bond acceptors (Lipinski definition) is 6. The van der Waals surface area contributed by atoms with Gasteiger partial charge in [0.25, 0.3) is 9.05 Å². The van der Waals surface area contributed by atoms with E-state index in [0.717, 1.165) is 17.0 Å². The number of hydrogen-bond donors (Lipinski definition) is 0. The van der Waals surface area contributed by atoms with Crippen molar-refractivity contribution in [1.82, 2.24) is 0 Å². The molecule has 2 rings (SSSR count). The van der Waals surface area contributed by atoms with E-state index in [1.165, 1.54) is 12.1 Å². The molecule has 1 atom stereocenters. The summed E-state index contributed by atoms with van der Waals surface area (Å²) in [6.07, 6.45) is -7.09. The number of anilines is 1. The number of halogens is 4. The normalized spacial score (nSPS) is 18.4. The second-order valence-corrected chi connectivity index (χ2v) is 7.21. The number of ether oxygens (including phenoxy) is 2. The van der Waals surface area contributed by atoms with Crippen LogP contribution in [0.5, 0.6) is 0 Å². The van der Waals surface area contributed by atoms with E-state index < -0.39 is 40.0 Å². The third-order valence-corrected chi connectivity index (χ3v) is 4.31. The molecule has 0 spiro atoms. The molecule has 12 heteroatoms. The highest BCUT2D eigenvalue weighted by atomic mass is 35.7. The van der Waals surface area contributed by atoms with Crippen LogP contribution >= 0.6 is 10.7 Å². The molecule has 1 aromatic carbocycles. The van der Waals surface area contributed by atoms with Crippen LogP contribution in [-0.4, -0.2) is 45.9 Å². The zero-order valence-corrected chi connectivity index (χ0v) is 13.2. The molecule has 0 unspecified atom stereocenters. The number of esters is 1. The average molecular weight is 388 g/mol. The molecule has 1 aliphatic heterocycles. The predicted octanol–water partition coefficient (Wildman–Crippen LogP) is 2.04. The number of cyclic esters (lactones) is 1. The Balaban J connectivity index is 2.01. The number of benzene rings is 1. The minimum absolute atomic E-state index is 0.170. The van der Waals surface area contributed by atoms with Crippen LogP contribution in [-0.2, 0) is 23.3 Å². The summed E-state index contributed by atoms with van der Waals surface area (Å²) in [5, 5.41) is 0. The second-order valence-electron chi connectivity index (χ2n) is 4.64. The predicted molar refractivity (Wildman–Crippen MR) is 74.1 cm³/mol. The Morgan fingerprint density at radius 2 is 1.92 bits per heavy atom. The molecule has 1 saturated heterocycles. The smallest absolute Gasteiger partial charge is 0.455 e. The maximum Gasteiger partial charge on any atom is 0.490 e. The van der Waals surface area contributed by atoms with Crippen molar-refractivity contribution in [2.24, 2.45) is 0 Å². The summed E-state index contributed by atoms with van der Waals surface area (Å²) in [7, 11) is 1.23. The molecule has 7 nitrogen and oxygen atoms in total. The van der Waals surface area contributed by atoms with Crippen LogP contribution in [0, 0.1) is 0 Å². The lowest BCUT2D eigenvalue weighted by Gasteiger charge is -2.13. The molecule has 24 heavy (non-hydrogen) atoms. The van der Waals surface area contributed by atoms with E-state index in [0.29, 0.717) is 0 Å². The van der Waals surface area contributed by atoms with Gasteiger partial charge in [-0.1, -0.05) is 0 Å².